The summed E-state index contributed by atoms with van der Waals surface area (Å²) in [5.74, 6) is -0.105. The van der Waals surface area contributed by atoms with Crippen molar-refractivity contribution in [2.75, 3.05) is 5.32 Å². The standard InChI is InChI=1S/C16H11BrN2O3/c17-10-5-7-11(8-6-10)19-15(18-9-20)14(21)12-3-1-2-4-13(12)16(19)22/h1-9,21H,(H,18,20). The van der Waals surface area contributed by atoms with Gasteiger partial charge in [0.05, 0.1) is 11.1 Å². The van der Waals surface area contributed by atoms with E-state index >= 15 is 0 Å². The van der Waals surface area contributed by atoms with Gasteiger partial charge in [-0.3, -0.25) is 14.2 Å². The second kappa shape index (κ2) is 5.65. The highest BCUT2D eigenvalue weighted by Crippen LogP contribution is 2.32. The third kappa shape index (κ3) is 2.27. The maximum absolute atomic E-state index is 12.7. The predicted molar refractivity (Wildman–Crippen MR) is 88.6 cm³/mol. The summed E-state index contributed by atoms with van der Waals surface area (Å²) in [6.45, 7) is 0. The fourth-order valence-corrected chi connectivity index (χ4v) is 2.62. The van der Waals surface area contributed by atoms with Crippen molar-refractivity contribution >= 4 is 38.9 Å². The molecule has 5 nitrogen and oxygen atoms in total. The summed E-state index contributed by atoms with van der Waals surface area (Å²) in [7, 11) is 0. The van der Waals surface area contributed by atoms with Crippen molar-refractivity contribution in [2.45, 2.75) is 0 Å². The van der Waals surface area contributed by atoms with Gasteiger partial charge in [0, 0.05) is 9.86 Å². The average Bonchev–Trinajstić information content (AvgIpc) is 2.54. The van der Waals surface area contributed by atoms with Crippen molar-refractivity contribution in [1.29, 1.82) is 0 Å². The smallest absolute Gasteiger partial charge is 0.264 e. The summed E-state index contributed by atoms with van der Waals surface area (Å²) in [5, 5.41) is 13.6. The first-order chi connectivity index (χ1) is 10.6. The van der Waals surface area contributed by atoms with Crippen molar-refractivity contribution in [2.24, 2.45) is 0 Å². The number of aromatic nitrogens is 1. The Kier molecular flexibility index (Phi) is 3.68. The highest BCUT2D eigenvalue weighted by atomic mass is 79.9. The van der Waals surface area contributed by atoms with E-state index in [1.165, 1.54) is 4.57 Å². The molecular weight excluding hydrogens is 348 g/mol. The molecule has 1 heterocycles. The Morgan fingerprint density at radius 3 is 2.32 bits per heavy atom. The lowest BCUT2D eigenvalue weighted by molar-refractivity contribution is -0.105. The number of aromatic hydroxyl groups is 1. The third-order valence-electron chi connectivity index (χ3n) is 3.34. The first-order valence-electron chi connectivity index (χ1n) is 6.46. The van der Waals surface area contributed by atoms with Crippen LogP contribution in [0.1, 0.15) is 0 Å². The quantitative estimate of drug-likeness (QED) is 0.707. The van der Waals surface area contributed by atoms with E-state index in [0.717, 1.165) is 4.47 Å². The Bertz CT molecular complexity index is 917. The van der Waals surface area contributed by atoms with Crippen molar-refractivity contribution in [3.8, 4) is 11.4 Å². The highest BCUT2D eigenvalue weighted by molar-refractivity contribution is 9.10. The Hall–Kier alpha value is -2.60. The first-order valence-corrected chi connectivity index (χ1v) is 7.25. The summed E-state index contributed by atoms with van der Waals surface area (Å²) in [6.07, 6.45) is 0.429. The molecule has 0 unspecified atom stereocenters. The van der Waals surface area contributed by atoms with Gasteiger partial charge in [-0.1, -0.05) is 34.1 Å². The van der Waals surface area contributed by atoms with Crippen LogP contribution in [0.15, 0.2) is 57.8 Å². The van der Waals surface area contributed by atoms with E-state index in [2.05, 4.69) is 21.2 Å². The van der Waals surface area contributed by atoms with Crippen LogP contribution in [0.5, 0.6) is 5.75 Å². The van der Waals surface area contributed by atoms with Crippen molar-refractivity contribution < 1.29 is 9.90 Å². The zero-order chi connectivity index (χ0) is 15.7. The molecule has 2 N–H and O–H groups in total. The Morgan fingerprint density at radius 2 is 1.68 bits per heavy atom. The van der Waals surface area contributed by atoms with Gasteiger partial charge >= 0.3 is 0 Å². The van der Waals surface area contributed by atoms with Crippen molar-refractivity contribution in [3.05, 3.63) is 63.4 Å². The fourth-order valence-electron chi connectivity index (χ4n) is 2.36. The largest absolute Gasteiger partial charge is 0.504 e. The van der Waals surface area contributed by atoms with E-state index in [0.29, 0.717) is 22.9 Å². The first kappa shape index (κ1) is 14.3. The summed E-state index contributed by atoms with van der Waals surface area (Å²) in [4.78, 5) is 23.6. The molecule has 0 fully saturated rings. The van der Waals surface area contributed by atoms with Crippen LogP contribution < -0.4 is 10.9 Å². The number of benzene rings is 2. The molecule has 0 aliphatic rings. The number of halogens is 1. The number of rotatable bonds is 3. The zero-order valence-electron chi connectivity index (χ0n) is 11.3. The topological polar surface area (TPSA) is 71.3 Å². The molecule has 1 aromatic heterocycles. The number of pyridine rings is 1. The van der Waals surface area contributed by atoms with E-state index in [1.54, 1.807) is 48.5 Å². The number of hydrogen-bond acceptors (Lipinski definition) is 3. The van der Waals surface area contributed by atoms with Crippen LogP contribution in [-0.4, -0.2) is 16.1 Å². The van der Waals surface area contributed by atoms with Crippen LogP contribution in [-0.2, 0) is 4.79 Å². The minimum atomic E-state index is -0.319. The van der Waals surface area contributed by atoms with Gasteiger partial charge in [0.2, 0.25) is 6.41 Å². The Morgan fingerprint density at radius 1 is 1.05 bits per heavy atom. The monoisotopic (exact) mass is 358 g/mol. The molecule has 110 valence electrons. The number of anilines is 1. The molecule has 3 aromatic rings. The van der Waals surface area contributed by atoms with E-state index in [4.69, 9.17) is 0 Å². The molecule has 0 radical (unpaired) electrons. The van der Waals surface area contributed by atoms with Gasteiger partial charge < -0.3 is 10.4 Å². The third-order valence-corrected chi connectivity index (χ3v) is 3.87. The van der Waals surface area contributed by atoms with E-state index in [1.807, 2.05) is 0 Å². The van der Waals surface area contributed by atoms with E-state index < -0.39 is 0 Å². The lowest BCUT2D eigenvalue weighted by atomic mass is 10.1. The van der Waals surface area contributed by atoms with Crippen molar-refractivity contribution in [1.82, 2.24) is 4.57 Å². The zero-order valence-corrected chi connectivity index (χ0v) is 12.9. The second-order valence-corrected chi connectivity index (χ2v) is 5.54. The summed E-state index contributed by atoms with van der Waals surface area (Å²) >= 11 is 3.33. The summed E-state index contributed by atoms with van der Waals surface area (Å²) in [5.41, 5.74) is 0.221. The minimum absolute atomic E-state index is 0.0426. The molecule has 6 heteroatoms. The molecule has 0 aliphatic carbocycles. The maximum atomic E-state index is 12.7. The van der Waals surface area contributed by atoms with Gasteiger partial charge in [-0.15, -0.1) is 0 Å². The average molecular weight is 359 g/mol. The lowest BCUT2D eigenvalue weighted by Crippen LogP contribution is -2.22. The minimum Gasteiger partial charge on any atom is -0.504 e. The number of carbonyl (C=O) groups is 1. The number of hydrogen-bond donors (Lipinski definition) is 2. The van der Waals surface area contributed by atoms with Gasteiger partial charge in [-0.05, 0) is 30.3 Å². The molecule has 22 heavy (non-hydrogen) atoms. The van der Waals surface area contributed by atoms with Gasteiger partial charge in [-0.2, -0.15) is 0 Å². The Labute approximate surface area is 133 Å². The number of nitrogens with zero attached hydrogens (tertiary/aromatic N) is 1. The molecule has 2 aromatic carbocycles. The van der Waals surface area contributed by atoms with Crippen LogP contribution >= 0.6 is 15.9 Å². The SMILES string of the molecule is O=CNc1c(O)c2ccccc2c(=O)n1-c1ccc(Br)cc1. The maximum Gasteiger partial charge on any atom is 0.264 e. The van der Waals surface area contributed by atoms with E-state index in [-0.39, 0.29) is 17.1 Å². The van der Waals surface area contributed by atoms with Crippen molar-refractivity contribution in [3.63, 3.8) is 0 Å². The normalized spacial score (nSPS) is 10.6. The molecule has 0 saturated carbocycles. The fraction of sp³-hybridized carbons (Fsp3) is 0. The summed E-state index contributed by atoms with van der Waals surface area (Å²) < 4.78 is 2.14. The van der Waals surface area contributed by atoms with Crippen LogP contribution in [0.25, 0.3) is 16.5 Å². The molecule has 0 aliphatic heterocycles. The van der Waals surface area contributed by atoms with Crippen LogP contribution in [0.3, 0.4) is 0 Å². The predicted octanol–water partition coefficient (Wildman–Crippen LogP) is 3.03. The number of amides is 1. The molecule has 0 atom stereocenters. The molecule has 0 saturated heterocycles. The Balaban J connectivity index is 2.43. The molecular formula is C16H11BrN2O3. The van der Waals surface area contributed by atoms with Crippen LogP contribution in [0.4, 0.5) is 5.82 Å². The molecule has 0 bridgehead atoms. The van der Waals surface area contributed by atoms with Crippen LogP contribution in [0.2, 0.25) is 0 Å². The van der Waals surface area contributed by atoms with Gasteiger partial charge in [0.15, 0.2) is 11.6 Å². The van der Waals surface area contributed by atoms with E-state index in [9.17, 15) is 14.7 Å². The highest BCUT2D eigenvalue weighted by Gasteiger charge is 2.16. The van der Waals surface area contributed by atoms with Crippen LogP contribution in [0, 0.1) is 0 Å². The number of carbonyl (C=O) groups excluding carboxylic acids is 1. The second-order valence-electron chi connectivity index (χ2n) is 4.62. The lowest BCUT2D eigenvalue weighted by Gasteiger charge is -2.15. The van der Waals surface area contributed by atoms with Gasteiger partial charge in [-0.25, -0.2) is 0 Å². The molecule has 3 rings (SSSR count). The molecule has 0 spiro atoms. The van der Waals surface area contributed by atoms with Gasteiger partial charge in [0.25, 0.3) is 5.56 Å². The van der Waals surface area contributed by atoms with Gasteiger partial charge in [0.1, 0.15) is 0 Å². The molecule has 1 amide bonds. The summed E-state index contributed by atoms with van der Waals surface area (Å²) in [6, 6.07) is 13.7. The number of fused-ring (bicyclic) bond motifs is 1. The number of nitrogens with one attached hydrogen (secondary N) is 1.